The van der Waals surface area contributed by atoms with Crippen molar-refractivity contribution >= 4 is 31.7 Å². The van der Waals surface area contributed by atoms with Crippen molar-refractivity contribution < 1.29 is 26.4 Å². The third kappa shape index (κ3) is 3.47. The second-order valence-corrected chi connectivity index (χ2v) is 11.0. The molecule has 0 saturated carbocycles. The summed E-state index contributed by atoms with van der Waals surface area (Å²) in [5.41, 5.74) is 0.0452. The van der Waals surface area contributed by atoms with Crippen molar-refractivity contribution in [3.05, 3.63) is 29.8 Å². The van der Waals surface area contributed by atoms with E-state index >= 15 is 0 Å². The molecule has 0 spiro atoms. The molecule has 2 aliphatic rings. The van der Waals surface area contributed by atoms with Gasteiger partial charge in [-0.3, -0.25) is 9.59 Å². The standard InChI is InChI=1S/C17H22N2O6S2/c1-3-12(2)19(13-8-9-26(22,23)11-13)16(20)10-18-17(21)14-6-4-5-7-15(14)27(18,24)25/h4-7,12-13H,3,8-11H2,1-2H3/t12-,13+/m1/s1. The molecule has 2 aliphatic heterocycles. The van der Waals surface area contributed by atoms with Crippen molar-refractivity contribution in [2.45, 2.75) is 43.7 Å². The van der Waals surface area contributed by atoms with E-state index in [0.29, 0.717) is 17.1 Å². The summed E-state index contributed by atoms with van der Waals surface area (Å²) in [7, 11) is -7.30. The van der Waals surface area contributed by atoms with Crippen molar-refractivity contribution in [3.8, 4) is 0 Å². The van der Waals surface area contributed by atoms with E-state index in [1.165, 1.54) is 23.1 Å². The minimum absolute atomic E-state index is 0.00423. The highest BCUT2D eigenvalue weighted by Gasteiger charge is 2.44. The molecular formula is C17H22N2O6S2. The van der Waals surface area contributed by atoms with E-state index in [-0.39, 0.29) is 28.0 Å². The number of carbonyl (C=O) groups excluding carboxylic acids is 2. The Bertz CT molecular complexity index is 986. The molecule has 1 fully saturated rings. The molecule has 27 heavy (non-hydrogen) atoms. The van der Waals surface area contributed by atoms with Gasteiger partial charge in [0.1, 0.15) is 11.4 Å². The number of nitrogens with zero attached hydrogens (tertiary/aromatic N) is 2. The molecule has 0 aliphatic carbocycles. The van der Waals surface area contributed by atoms with Crippen LogP contribution in [0, 0.1) is 0 Å². The highest BCUT2D eigenvalue weighted by atomic mass is 32.2. The number of benzene rings is 1. The molecule has 2 amide bonds. The highest BCUT2D eigenvalue weighted by molar-refractivity contribution is 7.91. The summed E-state index contributed by atoms with van der Waals surface area (Å²) < 4.78 is 49.6. The van der Waals surface area contributed by atoms with Crippen LogP contribution in [0.5, 0.6) is 0 Å². The van der Waals surface area contributed by atoms with Crippen LogP contribution in [0.1, 0.15) is 37.0 Å². The van der Waals surface area contributed by atoms with Gasteiger partial charge in [0.25, 0.3) is 15.9 Å². The zero-order chi connectivity index (χ0) is 20.0. The topological polar surface area (TPSA) is 109 Å². The lowest BCUT2D eigenvalue weighted by molar-refractivity contribution is -0.135. The fourth-order valence-corrected chi connectivity index (χ4v) is 6.82. The predicted molar refractivity (Wildman–Crippen MR) is 98.3 cm³/mol. The monoisotopic (exact) mass is 414 g/mol. The van der Waals surface area contributed by atoms with Crippen LogP contribution in [0.25, 0.3) is 0 Å². The maximum Gasteiger partial charge on any atom is 0.269 e. The zero-order valence-electron chi connectivity index (χ0n) is 15.2. The molecule has 10 heteroatoms. The second-order valence-electron chi connectivity index (χ2n) is 6.93. The van der Waals surface area contributed by atoms with Crippen molar-refractivity contribution in [1.29, 1.82) is 0 Å². The smallest absolute Gasteiger partial charge is 0.269 e. The molecule has 1 saturated heterocycles. The fraction of sp³-hybridized carbons (Fsp3) is 0.529. The molecular weight excluding hydrogens is 392 g/mol. The fourth-order valence-electron chi connectivity index (χ4n) is 3.59. The number of fused-ring (bicyclic) bond motifs is 1. The Morgan fingerprint density at radius 2 is 1.93 bits per heavy atom. The number of sulfone groups is 1. The van der Waals surface area contributed by atoms with E-state index in [2.05, 4.69) is 0 Å². The number of hydrogen-bond donors (Lipinski definition) is 0. The number of carbonyl (C=O) groups is 2. The first-order chi connectivity index (χ1) is 12.6. The van der Waals surface area contributed by atoms with Crippen LogP contribution < -0.4 is 0 Å². The third-order valence-electron chi connectivity index (χ3n) is 5.15. The molecule has 1 aromatic carbocycles. The van der Waals surface area contributed by atoms with Crippen molar-refractivity contribution in [2.24, 2.45) is 0 Å². The largest absolute Gasteiger partial charge is 0.334 e. The summed E-state index contributed by atoms with van der Waals surface area (Å²) in [6.07, 6.45) is 0.905. The maximum absolute atomic E-state index is 13.0. The van der Waals surface area contributed by atoms with Gasteiger partial charge < -0.3 is 4.90 Å². The normalized spacial score (nSPS) is 23.9. The van der Waals surface area contributed by atoms with E-state index in [4.69, 9.17) is 0 Å². The number of hydrogen-bond acceptors (Lipinski definition) is 6. The molecule has 2 heterocycles. The van der Waals surface area contributed by atoms with Crippen molar-refractivity contribution in [1.82, 2.24) is 9.21 Å². The predicted octanol–water partition coefficient (Wildman–Crippen LogP) is 0.645. The van der Waals surface area contributed by atoms with Crippen LogP contribution in [0.15, 0.2) is 29.2 Å². The summed E-state index contributed by atoms with van der Waals surface area (Å²) in [5, 5.41) is 0. The van der Waals surface area contributed by atoms with Crippen LogP contribution in [0.2, 0.25) is 0 Å². The lowest BCUT2D eigenvalue weighted by Crippen LogP contribution is -2.51. The number of amides is 2. The second kappa shape index (κ2) is 6.90. The molecule has 0 unspecified atom stereocenters. The van der Waals surface area contributed by atoms with E-state index in [9.17, 15) is 26.4 Å². The van der Waals surface area contributed by atoms with E-state index < -0.39 is 44.3 Å². The zero-order valence-corrected chi connectivity index (χ0v) is 16.8. The van der Waals surface area contributed by atoms with Gasteiger partial charge in [-0.15, -0.1) is 0 Å². The Kier molecular flexibility index (Phi) is 5.06. The van der Waals surface area contributed by atoms with Gasteiger partial charge in [0.2, 0.25) is 5.91 Å². The summed E-state index contributed by atoms with van der Waals surface area (Å²) in [6.45, 7) is 3.02. The number of rotatable bonds is 5. The van der Waals surface area contributed by atoms with Crippen LogP contribution >= 0.6 is 0 Å². The minimum Gasteiger partial charge on any atom is -0.334 e. The lowest BCUT2D eigenvalue weighted by atomic mass is 10.1. The first kappa shape index (κ1) is 19.8. The lowest BCUT2D eigenvalue weighted by Gasteiger charge is -2.34. The van der Waals surface area contributed by atoms with Crippen molar-refractivity contribution in [3.63, 3.8) is 0 Å². The average Bonchev–Trinajstić information content (AvgIpc) is 3.05. The first-order valence-corrected chi connectivity index (χ1v) is 12.0. The van der Waals surface area contributed by atoms with Gasteiger partial charge in [0, 0.05) is 12.1 Å². The minimum atomic E-state index is -4.08. The molecule has 1 aromatic rings. The van der Waals surface area contributed by atoms with Gasteiger partial charge in [0.15, 0.2) is 9.84 Å². The molecule has 148 valence electrons. The maximum atomic E-state index is 13.0. The summed E-state index contributed by atoms with van der Waals surface area (Å²) in [5.74, 6) is -1.42. The summed E-state index contributed by atoms with van der Waals surface area (Å²) in [4.78, 5) is 26.8. The Morgan fingerprint density at radius 3 is 2.48 bits per heavy atom. The molecule has 3 rings (SSSR count). The van der Waals surface area contributed by atoms with Crippen LogP contribution in [-0.4, -0.2) is 68.0 Å². The molecule has 0 aromatic heterocycles. The van der Waals surface area contributed by atoms with Gasteiger partial charge in [0.05, 0.1) is 17.1 Å². The van der Waals surface area contributed by atoms with Crippen LogP contribution in [0.3, 0.4) is 0 Å². The molecule has 0 N–H and O–H groups in total. The van der Waals surface area contributed by atoms with E-state index in [1.54, 1.807) is 13.0 Å². The quantitative estimate of drug-likeness (QED) is 0.700. The van der Waals surface area contributed by atoms with Crippen LogP contribution in [0.4, 0.5) is 0 Å². The summed E-state index contributed by atoms with van der Waals surface area (Å²) in [6, 6.07) is 5.06. The highest BCUT2D eigenvalue weighted by Crippen LogP contribution is 2.30. The van der Waals surface area contributed by atoms with Crippen LogP contribution in [-0.2, 0) is 24.7 Å². The SMILES string of the molecule is CC[C@@H](C)N(C(=O)CN1C(=O)c2ccccc2S1(=O)=O)[C@H]1CCS(=O)(=O)C1. The molecule has 0 radical (unpaired) electrons. The third-order valence-corrected chi connectivity index (χ3v) is 8.68. The summed E-state index contributed by atoms with van der Waals surface area (Å²) >= 11 is 0. The Morgan fingerprint density at radius 1 is 1.26 bits per heavy atom. The van der Waals surface area contributed by atoms with Gasteiger partial charge in [-0.1, -0.05) is 19.1 Å². The molecule has 0 bridgehead atoms. The molecule has 8 nitrogen and oxygen atoms in total. The van der Waals surface area contributed by atoms with E-state index in [0.717, 1.165) is 0 Å². The van der Waals surface area contributed by atoms with Gasteiger partial charge in [-0.25, -0.2) is 21.1 Å². The molecule has 2 atom stereocenters. The van der Waals surface area contributed by atoms with Crippen molar-refractivity contribution in [2.75, 3.05) is 18.1 Å². The first-order valence-electron chi connectivity index (χ1n) is 8.76. The average molecular weight is 415 g/mol. The Labute approximate surface area is 159 Å². The Balaban J connectivity index is 1.88. The van der Waals surface area contributed by atoms with Gasteiger partial charge in [-0.05, 0) is 31.9 Å². The van der Waals surface area contributed by atoms with E-state index in [1.807, 2.05) is 6.92 Å². The van der Waals surface area contributed by atoms with Gasteiger partial charge in [-0.2, -0.15) is 0 Å². The Hall–Kier alpha value is -1.94. The number of sulfonamides is 1. The van der Waals surface area contributed by atoms with Gasteiger partial charge >= 0.3 is 0 Å².